The molecule has 0 aliphatic carbocycles. The molecule has 23 heavy (non-hydrogen) atoms. The Balaban J connectivity index is 1.96. The lowest BCUT2D eigenvalue weighted by molar-refractivity contribution is -0.127. The molecule has 1 saturated heterocycles. The fourth-order valence-corrected chi connectivity index (χ4v) is 2.97. The van der Waals surface area contributed by atoms with Crippen molar-refractivity contribution in [3.63, 3.8) is 0 Å². The number of hydrogen-bond donors (Lipinski definition) is 1. The average molecular weight is 338 g/mol. The van der Waals surface area contributed by atoms with Gasteiger partial charge in [0, 0.05) is 46.8 Å². The fourth-order valence-electron chi connectivity index (χ4n) is 2.31. The molecule has 1 aliphatic rings. The van der Waals surface area contributed by atoms with Crippen LogP contribution in [0, 0.1) is 5.92 Å². The Morgan fingerprint density at radius 2 is 2.30 bits per heavy atom. The molecular formula is C16H26N4O2S. The zero-order chi connectivity index (χ0) is 16.7. The number of rotatable bonds is 6. The third-order valence-corrected chi connectivity index (χ3v) is 4.53. The van der Waals surface area contributed by atoms with Crippen molar-refractivity contribution in [2.75, 3.05) is 47.4 Å². The Kier molecular flexibility index (Phi) is 6.85. The topological polar surface area (TPSA) is 57.2 Å². The first kappa shape index (κ1) is 17.7. The van der Waals surface area contributed by atoms with Gasteiger partial charge >= 0.3 is 0 Å². The number of amides is 1. The predicted molar refractivity (Wildman–Crippen MR) is 93.7 cm³/mol. The van der Waals surface area contributed by atoms with Crippen LogP contribution in [-0.2, 0) is 16.1 Å². The maximum atomic E-state index is 11.8. The Hall–Kier alpha value is -1.60. The van der Waals surface area contributed by atoms with E-state index >= 15 is 0 Å². The minimum absolute atomic E-state index is 0.00238. The predicted octanol–water partition coefficient (Wildman–Crippen LogP) is 1.25. The van der Waals surface area contributed by atoms with E-state index in [0.717, 1.165) is 38.7 Å². The van der Waals surface area contributed by atoms with E-state index in [1.807, 2.05) is 7.05 Å². The minimum Gasteiger partial charge on any atom is -0.381 e. The highest BCUT2D eigenvalue weighted by Crippen LogP contribution is 2.12. The first-order valence-electron chi connectivity index (χ1n) is 7.84. The normalized spacial score (nSPS) is 18.0. The van der Waals surface area contributed by atoms with Crippen LogP contribution in [0.15, 0.2) is 21.8 Å². The number of carbonyl (C=O) groups is 1. The summed E-state index contributed by atoms with van der Waals surface area (Å²) < 4.78 is 5.41. The maximum Gasteiger partial charge on any atom is 0.243 e. The number of hydrogen-bond acceptors (Lipinski definition) is 4. The Morgan fingerprint density at radius 3 is 2.91 bits per heavy atom. The Labute approximate surface area is 142 Å². The van der Waals surface area contributed by atoms with Crippen LogP contribution in [0.4, 0.5) is 0 Å². The largest absolute Gasteiger partial charge is 0.381 e. The summed E-state index contributed by atoms with van der Waals surface area (Å²) in [6.07, 6.45) is 1.07. The highest BCUT2D eigenvalue weighted by Gasteiger charge is 2.17. The number of nitrogens with one attached hydrogen (secondary N) is 1. The first-order chi connectivity index (χ1) is 11.1. The lowest BCUT2D eigenvalue weighted by Gasteiger charge is -2.23. The van der Waals surface area contributed by atoms with Gasteiger partial charge in [-0.1, -0.05) is 0 Å². The highest BCUT2D eigenvalue weighted by atomic mass is 32.1. The van der Waals surface area contributed by atoms with Gasteiger partial charge in [-0.2, -0.15) is 11.3 Å². The van der Waals surface area contributed by atoms with Gasteiger partial charge in [0.05, 0.1) is 6.61 Å². The van der Waals surface area contributed by atoms with E-state index in [2.05, 4.69) is 32.0 Å². The number of ether oxygens (including phenoxy) is 1. The summed E-state index contributed by atoms with van der Waals surface area (Å²) >= 11 is 1.68. The van der Waals surface area contributed by atoms with Crippen molar-refractivity contribution in [3.05, 3.63) is 22.4 Å². The summed E-state index contributed by atoms with van der Waals surface area (Å²) in [5.41, 5.74) is 1.25. The maximum absolute atomic E-state index is 11.8. The van der Waals surface area contributed by atoms with Crippen molar-refractivity contribution in [1.82, 2.24) is 15.1 Å². The summed E-state index contributed by atoms with van der Waals surface area (Å²) in [6, 6.07) is 2.11. The van der Waals surface area contributed by atoms with Crippen LogP contribution in [0.25, 0.3) is 0 Å². The van der Waals surface area contributed by atoms with Crippen LogP contribution in [0.2, 0.25) is 0 Å². The van der Waals surface area contributed by atoms with E-state index in [-0.39, 0.29) is 12.5 Å². The van der Waals surface area contributed by atoms with Gasteiger partial charge in [0.25, 0.3) is 0 Å². The van der Waals surface area contributed by atoms with E-state index in [9.17, 15) is 4.79 Å². The summed E-state index contributed by atoms with van der Waals surface area (Å²) in [7, 11) is 5.49. The van der Waals surface area contributed by atoms with Crippen LogP contribution in [0.1, 0.15) is 12.0 Å². The molecule has 1 aromatic heterocycles. The molecular weight excluding hydrogens is 312 g/mol. The standard InChI is InChI=1S/C16H26N4O2S/c1-19(2)15(21)9-18-16(17-8-13-4-6-22-11-13)20(3)10-14-5-7-23-12-14/h5,7,12-13H,4,6,8-11H2,1-3H3,(H,17,18). The lowest BCUT2D eigenvalue weighted by Crippen LogP contribution is -2.41. The molecule has 1 amide bonds. The number of nitrogens with zero attached hydrogens (tertiary/aromatic N) is 3. The van der Waals surface area contributed by atoms with E-state index < -0.39 is 0 Å². The Morgan fingerprint density at radius 1 is 1.48 bits per heavy atom. The summed E-state index contributed by atoms with van der Waals surface area (Å²) in [6.45, 7) is 3.38. The van der Waals surface area contributed by atoms with Crippen LogP contribution in [-0.4, -0.2) is 69.1 Å². The molecule has 6 nitrogen and oxygen atoms in total. The molecule has 128 valence electrons. The van der Waals surface area contributed by atoms with Crippen LogP contribution < -0.4 is 5.32 Å². The molecule has 0 aromatic carbocycles. The van der Waals surface area contributed by atoms with Gasteiger partial charge in [-0.15, -0.1) is 0 Å². The monoisotopic (exact) mass is 338 g/mol. The molecule has 1 fully saturated rings. The zero-order valence-corrected chi connectivity index (χ0v) is 14.9. The minimum atomic E-state index is -0.00238. The van der Waals surface area contributed by atoms with Crippen molar-refractivity contribution in [1.29, 1.82) is 0 Å². The SMILES string of the molecule is CN(C)C(=O)CN=C(NCC1CCOC1)N(C)Cc1ccsc1. The first-order valence-corrected chi connectivity index (χ1v) is 8.79. The van der Waals surface area contributed by atoms with Crippen molar-refractivity contribution in [2.45, 2.75) is 13.0 Å². The smallest absolute Gasteiger partial charge is 0.243 e. The number of likely N-dealkylation sites (N-methyl/N-ethyl adjacent to an activating group) is 1. The molecule has 7 heteroatoms. The van der Waals surface area contributed by atoms with E-state index in [0.29, 0.717) is 5.92 Å². The number of thiophene rings is 1. The highest BCUT2D eigenvalue weighted by molar-refractivity contribution is 7.07. The van der Waals surface area contributed by atoms with Crippen molar-refractivity contribution in [2.24, 2.45) is 10.9 Å². The summed E-state index contributed by atoms with van der Waals surface area (Å²) in [5, 5.41) is 7.59. The fraction of sp³-hybridized carbons (Fsp3) is 0.625. The van der Waals surface area contributed by atoms with Gasteiger partial charge in [-0.25, -0.2) is 4.99 Å². The van der Waals surface area contributed by atoms with Gasteiger partial charge in [0.1, 0.15) is 6.54 Å². The Bertz CT molecular complexity index is 510. The van der Waals surface area contributed by atoms with Crippen LogP contribution >= 0.6 is 11.3 Å². The molecule has 1 N–H and O–H groups in total. The van der Waals surface area contributed by atoms with Crippen molar-refractivity contribution < 1.29 is 9.53 Å². The van der Waals surface area contributed by atoms with Crippen LogP contribution in [0.3, 0.4) is 0 Å². The molecule has 1 aliphatic heterocycles. The molecule has 1 atom stereocenters. The van der Waals surface area contributed by atoms with E-state index in [4.69, 9.17) is 4.74 Å². The van der Waals surface area contributed by atoms with E-state index in [1.165, 1.54) is 5.56 Å². The third kappa shape index (κ3) is 5.84. The molecule has 0 radical (unpaired) electrons. The van der Waals surface area contributed by atoms with Gasteiger partial charge in [0.2, 0.25) is 5.91 Å². The summed E-state index contributed by atoms with van der Waals surface area (Å²) in [5.74, 6) is 1.27. The number of carbonyl (C=O) groups excluding carboxylic acids is 1. The number of aliphatic imine (C=N–C) groups is 1. The van der Waals surface area contributed by atoms with Crippen LogP contribution in [0.5, 0.6) is 0 Å². The van der Waals surface area contributed by atoms with Crippen molar-refractivity contribution >= 4 is 23.2 Å². The second-order valence-corrected chi connectivity index (χ2v) is 6.81. The average Bonchev–Trinajstić information content (AvgIpc) is 3.20. The second kappa shape index (κ2) is 8.88. The van der Waals surface area contributed by atoms with E-state index in [1.54, 1.807) is 30.3 Å². The van der Waals surface area contributed by atoms with Gasteiger partial charge < -0.3 is 19.9 Å². The number of guanidine groups is 1. The summed E-state index contributed by atoms with van der Waals surface area (Å²) in [4.78, 5) is 19.9. The van der Waals surface area contributed by atoms with Gasteiger partial charge in [-0.3, -0.25) is 4.79 Å². The molecule has 0 bridgehead atoms. The molecule has 1 aromatic rings. The molecule has 0 spiro atoms. The second-order valence-electron chi connectivity index (χ2n) is 6.03. The molecule has 2 rings (SSSR count). The van der Waals surface area contributed by atoms with Crippen molar-refractivity contribution in [3.8, 4) is 0 Å². The zero-order valence-electron chi connectivity index (χ0n) is 14.1. The quantitative estimate of drug-likeness (QED) is 0.626. The molecule has 0 saturated carbocycles. The molecule has 2 heterocycles. The molecule has 1 unspecified atom stereocenters. The third-order valence-electron chi connectivity index (χ3n) is 3.80. The van der Waals surface area contributed by atoms with Gasteiger partial charge in [0.15, 0.2) is 5.96 Å². The lowest BCUT2D eigenvalue weighted by atomic mass is 10.1. The van der Waals surface area contributed by atoms with Gasteiger partial charge in [-0.05, 0) is 28.8 Å².